The number of amides is 1. The van der Waals surface area contributed by atoms with Crippen molar-refractivity contribution in [2.45, 2.75) is 37.6 Å². The molecule has 2 aliphatic rings. The van der Waals surface area contributed by atoms with Gasteiger partial charge in [0.2, 0.25) is 0 Å². The molecule has 3 rings (SSSR count). The average Bonchev–Trinajstić information content (AvgIpc) is 2.90. The first kappa shape index (κ1) is 14.4. The molecular formula is C14H19N2O5+. The summed E-state index contributed by atoms with van der Waals surface area (Å²) in [6.45, 7) is 3.67. The quantitative estimate of drug-likeness (QED) is 0.717. The molecule has 3 N–H and O–H groups in total. The van der Waals surface area contributed by atoms with Gasteiger partial charge in [-0.25, -0.2) is 0 Å². The molecule has 0 aliphatic carbocycles. The Balaban J connectivity index is 2.05. The number of aliphatic hydroxyl groups excluding tert-OH is 1. The van der Waals surface area contributed by atoms with E-state index < -0.39 is 29.6 Å². The minimum atomic E-state index is -0.914. The van der Waals surface area contributed by atoms with Gasteiger partial charge in [0.15, 0.2) is 24.3 Å². The predicted octanol–water partition coefficient (Wildman–Crippen LogP) is -0.732. The first-order chi connectivity index (χ1) is 9.88. The van der Waals surface area contributed by atoms with E-state index in [-0.39, 0.29) is 13.2 Å². The van der Waals surface area contributed by atoms with E-state index in [0.717, 1.165) is 0 Å². The van der Waals surface area contributed by atoms with Gasteiger partial charge >= 0.3 is 5.72 Å². The molecule has 1 amide bonds. The van der Waals surface area contributed by atoms with Gasteiger partial charge in [0.1, 0.15) is 18.3 Å². The number of hydrogen-bond acceptors (Lipinski definition) is 5. The molecule has 2 saturated heterocycles. The molecule has 2 aliphatic heterocycles. The van der Waals surface area contributed by atoms with Crippen LogP contribution in [-0.4, -0.2) is 42.2 Å². The summed E-state index contributed by atoms with van der Waals surface area (Å²) in [6, 6.07) is 3.34. The minimum Gasteiger partial charge on any atom is -0.394 e. The van der Waals surface area contributed by atoms with Crippen molar-refractivity contribution < 1.29 is 28.7 Å². The Morgan fingerprint density at radius 3 is 3.00 bits per heavy atom. The average molecular weight is 295 g/mol. The van der Waals surface area contributed by atoms with Crippen molar-refractivity contribution in [1.82, 2.24) is 0 Å². The van der Waals surface area contributed by atoms with Crippen molar-refractivity contribution in [2.75, 3.05) is 13.2 Å². The second-order valence-electron chi connectivity index (χ2n) is 5.78. The van der Waals surface area contributed by atoms with Crippen LogP contribution in [0.4, 0.5) is 0 Å². The molecule has 7 heteroatoms. The number of hydrogen-bond donors (Lipinski definition) is 2. The van der Waals surface area contributed by atoms with E-state index in [4.69, 9.17) is 19.9 Å². The Labute approximate surface area is 122 Å². The van der Waals surface area contributed by atoms with E-state index >= 15 is 0 Å². The zero-order valence-electron chi connectivity index (χ0n) is 12.0. The third-order valence-electron chi connectivity index (χ3n) is 3.82. The second-order valence-corrected chi connectivity index (χ2v) is 5.78. The Morgan fingerprint density at radius 2 is 2.33 bits per heavy atom. The van der Waals surface area contributed by atoms with E-state index in [1.165, 1.54) is 0 Å². The molecule has 7 nitrogen and oxygen atoms in total. The number of ether oxygens (including phenoxy) is 3. The van der Waals surface area contributed by atoms with E-state index in [1.807, 2.05) is 0 Å². The molecule has 0 bridgehead atoms. The van der Waals surface area contributed by atoms with Crippen LogP contribution in [0.25, 0.3) is 0 Å². The van der Waals surface area contributed by atoms with Gasteiger partial charge in [-0.3, -0.25) is 9.53 Å². The fourth-order valence-electron chi connectivity index (χ4n) is 2.98. The topological polar surface area (TPSA) is 94.9 Å². The summed E-state index contributed by atoms with van der Waals surface area (Å²) >= 11 is 0. The van der Waals surface area contributed by atoms with Gasteiger partial charge in [-0.1, -0.05) is 0 Å². The van der Waals surface area contributed by atoms with Gasteiger partial charge in [0.25, 0.3) is 5.91 Å². The summed E-state index contributed by atoms with van der Waals surface area (Å²) in [5.74, 6) is -1.33. The molecule has 114 valence electrons. The summed E-state index contributed by atoms with van der Waals surface area (Å²) in [5, 5.41) is 9.44. The Hall–Kier alpha value is -1.54. The van der Waals surface area contributed by atoms with Gasteiger partial charge in [0.05, 0.1) is 6.61 Å². The second kappa shape index (κ2) is 4.74. The first-order valence-electron chi connectivity index (χ1n) is 6.80. The highest BCUT2D eigenvalue weighted by Crippen LogP contribution is 2.43. The molecule has 3 atom stereocenters. The summed E-state index contributed by atoms with van der Waals surface area (Å²) < 4.78 is 19.3. The lowest BCUT2D eigenvalue weighted by molar-refractivity contribution is -0.806. The lowest BCUT2D eigenvalue weighted by atomic mass is 10.1. The van der Waals surface area contributed by atoms with Gasteiger partial charge in [-0.15, -0.1) is 0 Å². The molecule has 1 aromatic rings. The summed E-state index contributed by atoms with van der Waals surface area (Å²) in [6.07, 6.45) is 2.44. The molecule has 3 unspecified atom stereocenters. The van der Waals surface area contributed by atoms with Crippen LogP contribution in [0.2, 0.25) is 0 Å². The first-order valence-corrected chi connectivity index (χ1v) is 6.80. The van der Waals surface area contributed by atoms with Crippen molar-refractivity contribution in [2.24, 2.45) is 5.73 Å². The number of fused-ring (bicyclic) bond motifs is 1. The largest absolute Gasteiger partial charge is 0.394 e. The van der Waals surface area contributed by atoms with Crippen LogP contribution in [0, 0.1) is 0 Å². The van der Waals surface area contributed by atoms with E-state index in [0.29, 0.717) is 5.56 Å². The lowest BCUT2D eigenvalue weighted by Gasteiger charge is -2.21. The molecule has 0 spiro atoms. The number of aliphatic hydroxyl groups is 1. The van der Waals surface area contributed by atoms with Gasteiger partial charge in [-0.05, 0) is 19.9 Å². The number of rotatable bonds is 3. The standard InChI is InChI=1S/C14H18N2O5/c1-13(2)20-11-10(7-17)19-8-14(11,21-13)16-5-3-4-9(6-16)12(15)18/h3-6,10-11,17H,7-8H2,1-2H3,(H-,15,18)/p+1. The zero-order chi connectivity index (χ0) is 15.3. The van der Waals surface area contributed by atoms with Crippen molar-refractivity contribution in [3.63, 3.8) is 0 Å². The smallest absolute Gasteiger partial charge is 0.327 e. The number of carbonyl (C=O) groups excluding carboxylic acids is 1. The van der Waals surface area contributed by atoms with Gasteiger partial charge in [0, 0.05) is 6.07 Å². The number of carbonyl (C=O) groups is 1. The Bertz CT molecular complexity index is 576. The van der Waals surface area contributed by atoms with Gasteiger partial charge in [-0.2, -0.15) is 4.57 Å². The summed E-state index contributed by atoms with van der Waals surface area (Å²) in [5.41, 5.74) is 4.78. The van der Waals surface area contributed by atoms with Gasteiger partial charge < -0.3 is 20.3 Å². The summed E-state index contributed by atoms with van der Waals surface area (Å²) in [7, 11) is 0. The van der Waals surface area contributed by atoms with Crippen LogP contribution in [0.3, 0.4) is 0 Å². The highest BCUT2D eigenvalue weighted by atomic mass is 16.8. The Kier molecular flexibility index (Phi) is 3.25. The van der Waals surface area contributed by atoms with E-state index in [1.54, 1.807) is 42.9 Å². The van der Waals surface area contributed by atoms with Crippen molar-refractivity contribution in [1.29, 1.82) is 0 Å². The molecular weight excluding hydrogens is 276 g/mol. The van der Waals surface area contributed by atoms with Crippen molar-refractivity contribution in [3.8, 4) is 0 Å². The molecule has 0 radical (unpaired) electrons. The van der Waals surface area contributed by atoms with Crippen LogP contribution in [-0.2, 0) is 19.9 Å². The maximum absolute atomic E-state index is 11.4. The molecule has 21 heavy (non-hydrogen) atoms. The lowest BCUT2D eigenvalue weighted by Crippen LogP contribution is -2.63. The predicted molar refractivity (Wildman–Crippen MR) is 70.0 cm³/mol. The van der Waals surface area contributed by atoms with Crippen molar-refractivity contribution in [3.05, 3.63) is 30.1 Å². The van der Waals surface area contributed by atoms with Crippen LogP contribution in [0.5, 0.6) is 0 Å². The van der Waals surface area contributed by atoms with Crippen LogP contribution in [0.15, 0.2) is 24.5 Å². The van der Waals surface area contributed by atoms with E-state index in [2.05, 4.69) is 0 Å². The van der Waals surface area contributed by atoms with Crippen LogP contribution in [0.1, 0.15) is 24.2 Å². The number of primary amides is 1. The van der Waals surface area contributed by atoms with Crippen LogP contribution < -0.4 is 10.3 Å². The monoisotopic (exact) mass is 295 g/mol. The van der Waals surface area contributed by atoms with Crippen molar-refractivity contribution >= 4 is 5.91 Å². The molecule has 1 aromatic heterocycles. The molecule has 0 saturated carbocycles. The molecule has 0 aromatic carbocycles. The highest BCUT2D eigenvalue weighted by molar-refractivity contribution is 5.92. The zero-order valence-corrected chi connectivity index (χ0v) is 12.0. The normalized spacial score (nSPS) is 33.9. The maximum Gasteiger partial charge on any atom is 0.327 e. The number of aromatic nitrogens is 1. The fourth-order valence-corrected chi connectivity index (χ4v) is 2.98. The SMILES string of the molecule is CC1(C)OC2C(CO)OCC2([n+]2cccc(C(N)=O)c2)O1. The third-order valence-corrected chi connectivity index (χ3v) is 3.82. The van der Waals surface area contributed by atoms with E-state index in [9.17, 15) is 9.90 Å². The van der Waals surface area contributed by atoms with Crippen LogP contribution >= 0.6 is 0 Å². The maximum atomic E-state index is 11.4. The number of nitrogens with zero attached hydrogens (tertiary/aromatic N) is 1. The minimum absolute atomic E-state index is 0.165. The molecule has 3 heterocycles. The number of pyridine rings is 1. The highest BCUT2D eigenvalue weighted by Gasteiger charge is 2.67. The number of nitrogens with two attached hydrogens (primary N) is 1. The third kappa shape index (κ3) is 2.22. The summed E-state index contributed by atoms with van der Waals surface area (Å²) in [4.78, 5) is 11.4. The Morgan fingerprint density at radius 1 is 1.57 bits per heavy atom. The molecule has 2 fully saturated rings. The fraction of sp³-hybridized carbons (Fsp3) is 0.571.